The molecule has 0 radical (unpaired) electrons. The molecule has 1 atom stereocenters. The quantitative estimate of drug-likeness (QED) is 0.203. The average molecular weight is 539 g/mol. The molecule has 1 aliphatic rings. The van der Waals surface area contributed by atoms with Crippen LogP contribution in [0.4, 0.5) is 0 Å². The maximum absolute atomic E-state index is 13.8. The van der Waals surface area contributed by atoms with Crippen LogP contribution in [-0.4, -0.2) is 45.0 Å². The number of carbonyl (C=O) groups excluding carboxylic acids is 1. The van der Waals surface area contributed by atoms with E-state index in [2.05, 4.69) is 5.32 Å². The number of amides is 1. The van der Waals surface area contributed by atoms with E-state index in [1.165, 1.54) is 23.1 Å². The van der Waals surface area contributed by atoms with Gasteiger partial charge in [-0.05, 0) is 62.7 Å². The van der Waals surface area contributed by atoms with Crippen molar-refractivity contribution in [1.82, 2.24) is 19.4 Å². The molecule has 7 nitrogen and oxygen atoms in total. The van der Waals surface area contributed by atoms with Crippen molar-refractivity contribution in [2.45, 2.75) is 37.9 Å². The average Bonchev–Trinajstić information content (AvgIpc) is 3.50. The Kier molecular flexibility index (Phi) is 7.38. The van der Waals surface area contributed by atoms with Gasteiger partial charge in [0.1, 0.15) is 4.70 Å². The Bertz CT molecular complexity index is 1530. The minimum absolute atomic E-state index is 0.0727. The number of thiazole rings is 1. The topological polar surface area (TPSA) is 78.2 Å². The fraction of sp³-hybridized carbons (Fsp3) is 0.308. The number of thioether (sulfide) groups is 1. The SMILES string of the molecule is Cc1ccc(-n2c(SCC(=O)NC[C@@H]3CCCO3)nc3c(sc(=S)n3-c3ccccc3C)c2=O)cc1. The summed E-state index contributed by atoms with van der Waals surface area (Å²) in [7, 11) is 0. The third-order valence-corrected chi connectivity index (χ3v) is 8.40. The molecule has 0 saturated carbocycles. The number of carbonyl (C=O) groups is 1. The van der Waals surface area contributed by atoms with Crippen molar-refractivity contribution in [3.8, 4) is 11.4 Å². The normalized spacial score (nSPS) is 15.4. The maximum Gasteiger partial charge on any atom is 0.278 e. The molecule has 1 saturated heterocycles. The second kappa shape index (κ2) is 10.7. The van der Waals surface area contributed by atoms with Crippen molar-refractivity contribution >= 4 is 51.6 Å². The number of fused-ring (bicyclic) bond motifs is 1. The highest BCUT2D eigenvalue weighted by molar-refractivity contribution is 7.99. The van der Waals surface area contributed by atoms with Gasteiger partial charge in [-0.1, -0.05) is 59.0 Å². The Balaban J connectivity index is 1.56. The molecule has 3 heterocycles. The van der Waals surface area contributed by atoms with Gasteiger partial charge in [0.25, 0.3) is 5.56 Å². The summed E-state index contributed by atoms with van der Waals surface area (Å²) in [5.41, 5.74) is 4.01. The number of aryl methyl sites for hydroxylation is 2. The van der Waals surface area contributed by atoms with Crippen LogP contribution < -0.4 is 10.9 Å². The molecule has 0 unspecified atom stereocenters. The number of rotatable bonds is 7. The molecule has 5 rings (SSSR count). The predicted octanol–water partition coefficient (Wildman–Crippen LogP) is 4.97. The van der Waals surface area contributed by atoms with Gasteiger partial charge >= 0.3 is 0 Å². The van der Waals surface area contributed by atoms with Crippen LogP contribution in [0.1, 0.15) is 24.0 Å². The monoisotopic (exact) mass is 538 g/mol. The molecule has 1 N–H and O–H groups in total. The summed E-state index contributed by atoms with van der Waals surface area (Å²) in [4.78, 5) is 31.3. The molecule has 1 fully saturated rings. The molecule has 10 heteroatoms. The van der Waals surface area contributed by atoms with E-state index in [-0.39, 0.29) is 23.3 Å². The van der Waals surface area contributed by atoms with Gasteiger partial charge in [0.15, 0.2) is 14.8 Å². The lowest BCUT2D eigenvalue weighted by atomic mass is 10.2. The molecule has 1 aliphatic heterocycles. The van der Waals surface area contributed by atoms with Crippen molar-refractivity contribution in [3.05, 3.63) is 74.0 Å². The Morgan fingerprint density at radius 2 is 1.97 bits per heavy atom. The molecule has 2 aromatic heterocycles. The van der Waals surface area contributed by atoms with Crippen molar-refractivity contribution in [3.63, 3.8) is 0 Å². The predicted molar refractivity (Wildman–Crippen MR) is 148 cm³/mol. The Morgan fingerprint density at radius 3 is 2.69 bits per heavy atom. The number of hydrogen-bond donors (Lipinski definition) is 1. The van der Waals surface area contributed by atoms with Gasteiger partial charge in [0.05, 0.1) is 23.2 Å². The fourth-order valence-corrected chi connectivity index (χ4v) is 6.32. The second-order valence-electron chi connectivity index (χ2n) is 8.74. The van der Waals surface area contributed by atoms with Crippen LogP contribution in [0.15, 0.2) is 58.5 Å². The summed E-state index contributed by atoms with van der Waals surface area (Å²) in [6.07, 6.45) is 2.05. The first-order valence-corrected chi connectivity index (χ1v) is 14.0. The van der Waals surface area contributed by atoms with E-state index in [4.69, 9.17) is 21.9 Å². The summed E-state index contributed by atoms with van der Waals surface area (Å²) >= 11 is 8.17. The zero-order valence-corrected chi connectivity index (χ0v) is 22.5. The second-order valence-corrected chi connectivity index (χ2v) is 11.3. The molecule has 1 amide bonds. The number of hydrogen-bond acceptors (Lipinski definition) is 7. The van der Waals surface area contributed by atoms with Gasteiger partial charge in [0.2, 0.25) is 5.91 Å². The van der Waals surface area contributed by atoms with Crippen LogP contribution in [0.5, 0.6) is 0 Å². The zero-order chi connectivity index (χ0) is 25.2. The number of nitrogens with one attached hydrogen (secondary N) is 1. The maximum atomic E-state index is 13.8. The largest absolute Gasteiger partial charge is 0.376 e. The van der Waals surface area contributed by atoms with Crippen molar-refractivity contribution in [2.24, 2.45) is 0 Å². The third-order valence-electron chi connectivity index (χ3n) is 6.11. The smallest absolute Gasteiger partial charge is 0.278 e. The Hall–Kier alpha value is -2.79. The molecule has 36 heavy (non-hydrogen) atoms. The fourth-order valence-electron chi connectivity index (χ4n) is 4.19. The summed E-state index contributed by atoms with van der Waals surface area (Å²) < 4.78 is 10.1. The minimum atomic E-state index is -0.199. The van der Waals surface area contributed by atoms with Crippen LogP contribution >= 0.6 is 35.3 Å². The van der Waals surface area contributed by atoms with Gasteiger partial charge in [0, 0.05) is 13.2 Å². The lowest BCUT2D eigenvalue weighted by molar-refractivity contribution is -0.119. The highest BCUT2D eigenvalue weighted by Gasteiger charge is 2.21. The summed E-state index contributed by atoms with van der Waals surface area (Å²) in [6.45, 7) is 5.24. The number of aromatic nitrogens is 3. The van der Waals surface area contributed by atoms with E-state index in [1.807, 2.05) is 66.9 Å². The van der Waals surface area contributed by atoms with E-state index < -0.39 is 0 Å². The number of para-hydroxylation sites is 1. The van der Waals surface area contributed by atoms with Crippen molar-refractivity contribution in [1.29, 1.82) is 0 Å². The van der Waals surface area contributed by atoms with Crippen molar-refractivity contribution < 1.29 is 9.53 Å². The van der Waals surface area contributed by atoms with E-state index in [0.717, 1.165) is 36.3 Å². The third kappa shape index (κ3) is 5.04. The zero-order valence-electron chi connectivity index (χ0n) is 20.0. The first-order chi connectivity index (χ1) is 17.4. The summed E-state index contributed by atoms with van der Waals surface area (Å²) in [5, 5.41) is 3.39. The highest BCUT2D eigenvalue weighted by atomic mass is 32.2. The molecule has 0 aliphatic carbocycles. The molecule has 0 spiro atoms. The van der Waals surface area contributed by atoms with Gasteiger partial charge < -0.3 is 10.1 Å². The van der Waals surface area contributed by atoms with E-state index in [1.54, 1.807) is 4.57 Å². The molecule has 2 aromatic carbocycles. The standard InChI is InChI=1S/C26H26N4O3S3/c1-16-9-11-18(12-10-16)29-24(32)22-23(30(26(34)36-22)20-8-4-3-6-17(20)2)28-25(29)35-15-21(31)27-14-19-7-5-13-33-19/h3-4,6,8-12,19H,5,7,13-15H2,1-2H3,(H,27,31)/t19-/m0/s1. The minimum Gasteiger partial charge on any atom is -0.376 e. The van der Waals surface area contributed by atoms with Gasteiger partial charge in [-0.2, -0.15) is 0 Å². The lowest BCUT2D eigenvalue weighted by Crippen LogP contribution is -2.33. The molecule has 186 valence electrons. The van der Waals surface area contributed by atoms with Gasteiger partial charge in [-0.15, -0.1) is 0 Å². The van der Waals surface area contributed by atoms with Gasteiger partial charge in [-0.3, -0.25) is 18.7 Å². The lowest BCUT2D eigenvalue weighted by Gasteiger charge is -2.14. The van der Waals surface area contributed by atoms with Crippen LogP contribution in [-0.2, 0) is 9.53 Å². The first-order valence-electron chi connectivity index (χ1n) is 11.7. The summed E-state index contributed by atoms with van der Waals surface area (Å²) in [5.74, 6) is 0.00697. The van der Waals surface area contributed by atoms with Gasteiger partial charge in [-0.25, -0.2) is 4.98 Å². The number of nitrogens with zero attached hydrogens (tertiary/aromatic N) is 3. The van der Waals surface area contributed by atoms with E-state index in [0.29, 0.717) is 31.7 Å². The highest BCUT2D eigenvalue weighted by Crippen LogP contribution is 2.28. The molecule has 0 bridgehead atoms. The van der Waals surface area contributed by atoms with Crippen LogP contribution in [0, 0.1) is 17.8 Å². The Labute approximate surface area is 222 Å². The van der Waals surface area contributed by atoms with Crippen LogP contribution in [0.3, 0.4) is 0 Å². The number of benzene rings is 2. The first kappa shape index (κ1) is 24.9. The molecular formula is C26H26N4O3S3. The van der Waals surface area contributed by atoms with Crippen LogP contribution in [0.2, 0.25) is 0 Å². The summed E-state index contributed by atoms with van der Waals surface area (Å²) in [6, 6.07) is 15.6. The molecular weight excluding hydrogens is 513 g/mol. The van der Waals surface area contributed by atoms with Crippen molar-refractivity contribution in [2.75, 3.05) is 18.9 Å². The molecule has 4 aromatic rings. The van der Waals surface area contributed by atoms with E-state index in [9.17, 15) is 9.59 Å². The van der Waals surface area contributed by atoms with Crippen LogP contribution in [0.25, 0.3) is 21.7 Å². The Morgan fingerprint density at radius 1 is 1.19 bits per heavy atom. The van der Waals surface area contributed by atoms with E-state index >= 15 is 0 Å². The number of ether oxygens (including phenoxy) is 1.